The van der Waals surface area contributed by atoms with E-state index >= 15 is 0 Å². The third kappa shape index (κ3) is 6.89. The van der Waals surface area contributed by atoms with Crippen molar-refractivity contribution in [2.45, 2.75) is 26.1 Å². The molecule has 4 aromatic rings. The molecule has 0 fully saturated rings. The van der Waals surface area contributed by atoms with Gasteiger partial charge in [-0.25, -0.2) is 9.78 Å². The molecule has 0 aliphatic rings. The van der Waals surface area contributed by atoms with Gasteiger partial charge in [-0.05, 0) is 44.2 Å². The van der Waals surface area contributed by atoms with Gasteiger partial charge in [-0.15, -0.1) is 0 Å². The van der Waals surface area contributed by atoms with Gasteiger partial charge in [-0.1, -0.05) is 24.3 Å². The molecule has 40 heavy (non-hydrogen) atoms. The second kappa shape index (κ2) is 12.1. The van der Waals surface area contributed by atoms with Gasteiger partial charge in [0, 0.05) is 35.7 Å². The van der Waals surface area contributed by atoms with E-state index in [1.807, 2.05) is 26.0 Å². The highest BCUT2D eigenvalue weighted by Crippen LogP contribution is 2.36. The monoisotopic (exact) mass is 555 g/mol. The van der Waals surface area contributed by atoms with E-state index < -0.39 is 17.8 Å². The van der Waals surface area contributed by atoms with Crippen LogP contribution >= 0.6 is 0 Å². The van der Waals surface area contributed by atoms with Gasteiger partial charge < -0.3 is 30.2 Å². The standard InChI is InChI=1S/C28H28F3N5O4/c1-16-13-25(36-26(32-16)33-17(2)15-38-3)40-23-12-10-21(19-7-5-6-8-20(19)23)34-27(37)35-22-14-18(28(29,30)31)9-11-24(22)39-4/h5-14,17H,15H2,1-4H3,(H,32,33,36)(H2,34,35,37). The molecule has 0 bridgehead atoms. The van der Waals surface area contributed by atoms with Crippen molar-refractivity contribution in [3.05, 3.63) is 71.9 Å². The van der Waals surface area contributed by atoms with Crippen molar-refractivity contribution in [3.63, 3.8) is 0 Å². The van der Waals surface area contributed by atoms with Crippen LogP contribution in [0.15, 0.2) is 60.7 Å². The summed E-state index contributed by atoms with van der Waals surface area (Å²) in [6.07, 6.45) is -4.58. The fourth-order valence-corrected chi connectivity index (χ4v) is 4.01. The molecule has 1 aromatic heterocycles. The van der Waals surface area contributed by atoms with Crippen molar-refractivity contribution in [2.24, 2.45) is 0 Å². The summed E-state index contributed by atoms with van der Waals surface area (Å²) >= 11 is 0. The first kappa shape index (κ1) is 28.4. The Balaban J connectivity index is 1.57. The molecule has 1 atom stereocenters. The number of hydrogen-bond donors (Lipinski definition) is 3. The van der Waals surface area contributed by atoms with Crippen LogP contribution in [0.2, 0.25) is 0 Å². The summed E-state index contributed by atoms with van der Waals surface area (Å²) < 4.78 is 55.9. The van der Waals surface area contributed by atoms with Crippen molar-refractivity contribution < 1.29 is 32.2 Å². The number of alkyl halides is 3. The quantitative estimate of drug-likeness (QED) is 0.207. The van der Waals surface area contributed by atoms with Crippen LogP contribution in [0.5, 0.6) is 17.4 Å². The number of ether oxygens (including phenoxy) is 3. The Morgan fingerprint density at radius 2 is 1.62 bits per heavy atom. The van der Waals surface area contributed by atoms with Crippen molar-refractivity contribution in [1.29, 1.82) is 0 Å². The maximum absolute atomic E-state index is 13.2. The molecule has 1 unspecified atom stereocenters. The first-order chi connectivity index (χ1) is 19.1. The van der Waals surface area contributed by atoms with Crippen molar-refractivity contribution in [2.75, 3.05) is 36.8 Å². The number of carbonyl (C=O) groups excluding carboxylic acids is 1. The fourth-order valence-electron chi connectivity index (χ4n) is 4.01. The second-order valence-corrected chi connectivity index (χ2v) is 8.92. The number of urea groups is 1. The number of aryl methyl sites for hydroxylation is 1. The summed E-state index contributed by atoms with van der Waals surface area (Å²) in [6, 6.07) is 14.3. The molecular weight excluding hydrogens is 527 g/mol. The summed E-state index contributed by atoms with van der Waals surface area (Å²) in [7, 11) is 2.91. The molecule has 12 heteroatoms. The number of benzene rings is 3. The lowest BCUT2D eigenvalue weighted by Gasteiger charge is -2.16. The van der Waals surface area contributed by atoms with Crippen molar-refractivity contribution in [1.82, 2.24) is 9.97 Å². The van der Waals surface area contributed by atoms with E-state index in [0.29, 0.717) is 46.3 Å². The Bertz CT molecular complexity index is 1510. The average Bonchev–Trinajstić information content (AvgIpc) is 2.89. The largest absolute Gasteiger partial charge is 0.495 e. The molecule has 0 radical (unpaired) electrons. The highest BCUT2D eigenvalue weighted by molar-refractivity contribution is 6.08. The summed E-state index contributed by atoms with van der Waals surface area (Å²) in [5.41, 5.74) is 0.0758. The molecule has 0 saturated carbocycles. The maximum atomic E-state index is 13.2. The molecule has 3 aromatic carbocycles. The molecule has 3 N–H and O–H groups in total. The zero-order valence-corrected chi connectivity index (χ0v) is 22.2. The third-order valence-corrected chi connectivity index (χ3v) is 5.74. The molecule has 0 saturated heterocycles. The van der Waals surface area contributed by atoms with Crippen LogP contribution in [0.1, 0.15) is 18.2 Å². The van der Waals surface area contributed by atoms with E-state index in [1.165, 1.54) is 7.11 Å². The number of amides is 2. The van der Waals surface area contributed by atoms with Crippen LogP contribution in [-0.2, 0) is 10.9 Å². The van der Waals surface area contributed by atoms with Crippen LogP contribution in [0.25, 0.3) is 10.8 Å². The van der Waals surface area contributed by atoms with E-state index in [9.17, 15) is 18.0 Å². The number of rotatable bonds is 9. The number of nitrogens with one attached hydrogen (secondary N) is 3. The Morgan fingerprint density at radius 3 is 2.33 bits per heavy atom. The predicted molar refractivity (Wildman–Crippen MR) is 146 cm³/mol. The number of nitrogens with zero attached hydrogens (tertiary/aromatic N) is 2. The van der Waals surface area contributed by atoms with E-state index in [4.69, 9.17) is 14.2 Å². The smallest absolute Gasteiger partial charge is 0.416 e. The number of fused-ring (bicyclic) bond motifs is 1. The zero-order chi connectivity index (χ0) is 28.9. The van der Waals surface area contributed by atoms with Crippen molar-refractivity contribution in [3.8, 4) is 17.4 Å². The lowest BCUT2D eigenvalue weighted by atomic mass is 10.1. The molecule has 2 amide bonds. The maximum Gasteiger partial charge on any atom is 0.416 e. The van der Waals surface area contributed by atoms with Gasteiger partial charge in [0.15, 0.2) is 0 Å². The van der Waals surface area contributed by atoms with Crippen LogP contribution in [0.4, 0.5) is 35.3 Å². The number of carbonyl (C=O) groups is 1. The van der Waals surface area contributed by atoms with Gasteiger partial charge in [0.1, 0.15) is 11.5 Å². The molecule has 0 aliphatic carbocycles. The van der Waals surface area contributed by atoms with Gasteiger partial charge >= 0.3 is 12.2 Å². The summed E-state index contributed by atoms with van der Waals surface area (Å²) in [4.78, 5) is 21.7. The Labute approximate surface area is 228 Å². The van der Waals surface area contributed by atoms with Crippen molar-refractivity contribution >= 4 is 34.1 Å². The topological polar surface area (TPSA) is 107 Å². The number of anilines is 3. The second-order valence-electron chi connectivity index (χ2n) is 8.92. The number of aromatic nitrogens is 2. The lowest BCUT2D eigenvalue weighted by Crippen LogP contribution is -2.22. The molecular formula is C28H28F3N5O4. The van der Waals surface area contributed by atoms with Crippen LogP contribution in [0, 0.1) is 6.92 Å². The minimum atomic E-state index is -4.58. The van der Waals surface area contributed by atoms with Crippen LogP contribution in [0.3, 0.4) is 0 Å². The Kier molecular flexibility index (Phi) is 8.58. The molecule has 210 valence electrons. The average molecular weight is 556 g/mol. The van der Waals surface area contributed by atoms with E-state index in [-0.39, 0.29) is 17.5 Å². The molecule has 1 heterocycles. The van der Waals surface area contributed by atoms with Crippen LogP contribution < -0.4 is 25.4 Å². The molecule has 4 rings (SSSR count). The van der Waals surface area contributed by atoms with Crippen LogP contribution in [-0.4, -0.2) is 42.9 Å². The summed E-state index contributed by atoms with van der Waals surface area (Å²) in [6.45, 7) is 4.23. The first-order valence-corrected chi connectivity index (χ1v) is 12.2. The highest BCUT2D eigenvalue weighted by atomic mass is 19.4. The number of methoxy groups -OCH3 is 2. The molecule has 0 aliphatic heterocycles. The predicted octanol–water partition coefficient (Wildman–Crippen LogP) is 6.85. The minimum absolute atomic E-state index is 0.0205. The van der Waals surface area contributed by atoms with Gasteiger partial charge in [0.25, 0.3) is 0 Å². The van der Waals surface area contributed by atoms with Gasteiger partial charge in [0.05, 0.1) is 30.7 Å². The minimum Gasteiger partial charge on any atom is -0.495 e. The SMILES string of the molecule is COCC(C)Nc1nc(C)cc(Oc2ccc(NC(=O)Nc3cc(C(F)(F)F)ccc3OC)c3ccccc23)n1. The van der Waals surface area contributed by atoms with E-state index in [2.05, 4.69) is 25.9 Å². The molecule has 0 spiro atoms. The third-order valence-electron chi connectivity index (χ3n) is 5.74. The molecule has 9 nitrogen and oxygen atoms in total. The lowest BCUT2D eigenvalue weighted by molar-refractivity contribution is -0.137. The van der Waals surface area contributed by atoms with Gasteiger partial charge in [-0.2, -0.15) is 18.2 Å². The highest BCUT2D eigenvalue weighted by Gasteiger charge is 2.31. The van der Waals surface area contributed by atoms with E-state index in [1.54, 1.807) is 37.4 Å². The van der Waals surface area contributed by atoms with Gasteiger partial charge in [0.2, 0.25) is 11.8 Å². The van der Waals surface area contributed by atoms with Gasteiger partial charge in [-0.3, -0.25) is 0 Å². The number of hydrogen-bond acceptors (Lipinski definition) is 7. The van der Waals surface area contributed by atoms with E-state index in [0.717, 1.165) is 18.2 Å². The first-order valence-electron chi connectivity index (χ1n) is 12.2. The number of halogens is 3. The summed E-state index contributed by atoms with van der Waals surface area (Å²) in [5, 5.41) is 9.62. The summed E-state index contributed by atoms with van der Waals surface area (Å²) in [5.74, 6) is 1.28. The fraction of sp³-hybridized carbons (Fsp3) is 0.250. The Morgan fingerprint density at radius 1 is 0.925 bits per heavy atom. The Hall–Kier alpha value is -4.58. The normalized spacial score (nSPS) is 12.1. The zero-order valence-electron chi connectivity index (χ0n) is 22.2.